The third-order valence-electron chi connectivity index (χ3n) is 2.59. The fraction of sp³-hybridized carbons (Fsp3) is 0.429. The maximum atomic E-state index is 2.43. The van der Waals surface area contributed by atoms with E-state index in [1.807, 2.05) is 0 Å². The molecule has 0 fully saturated rings. The van der Waals surface area contributed by atoms with Crippen LogP contribution >= 0.6 is 0 Å². The molecule has 0 nitrogen and oxygen atoms in total. The number of allylic oxidation sites excluding steroid dienone is 2. The van der Waals surface area contributed by atoms with Crippen molar-refractivity contribution >= 4 is 8.07 Å². The molecule has 0 bridgehead atoms. The van der Waals surface area contributed by atoms with Crippen molar-refractivity contribution in [1.29, 1.82) is 0 Å². The molecule has 1 heteroatoms. The lowest BCUT2D eigenvalue weighted by atomic mass is 10.1. The molecular weight excluding hydrogens is 196 g/mol. The molecule has 0 saturated carbocycles. The smallest absolute Gasteiger partial charge is 0.0565 e. The summed E-state index contributed by atoms with van der Waals surface area (Å²) in [4.78, 5) is 0. The maximum Gasteiger partial charge on any atom is 0.0565 e. The molecule has 1 rings (SSSR count). The average molecular weight is 218 g/mol. The van der Waals surface area contributed by atoms with E-state index in [9.17, 15) is 0 Å². The summed E-state index contributed by atoms with van der Waals surface area (Å²) in [6.07, 6.45) is 2.43. The Morgan fingerprint density at radius 2 is 1.60 bits per heavy atom. The van der Waals surface area contributed by atoms with Gasteiger partial charge in [0.1, 0.15) is 0 Å². The third kappa shape index (κ3) is 3.67. The van der Waals surface area contributed by atoms with E-state index < -0.39 is 8.07 Å². The predicted octanol–water partition coefficient (Wildman–Crippen LogP) is 4.61. The molecule has 0 radical (unpaired) electrons. The van der Waals surface area contributed by atoms with Crippen LogP contribution in [-0.4, -0.2) is 8.07 Å². The highest BCUT2D eigenvalue weighted by Gasteiger charge is 2.25. The van der Waals surface area contributed by atoms with Crippen LogP contribution in [-0.2, 0) is 0 Å². The van der Waals surface area contributed by atoms with Gasteiger partial charge >= 0.3 is 0 Å². The van der Waals surface area contributed by atoms with Crippen LogP contribution in [0.3, 0.4) is 0 Å². The van der Waals surface area contributed by atoms with E-state index >= 15 is 0 Å². The summed E-state index contributed by atoms with van der Waals surface area (Å²) in [5.74, 6) is 0. The van der Waals surface area contributed by atoms with E-state index in [4.69, 9.17) is 0 Å². The molecule has 0 aliphatic rings. The van der Waals surface area contributed by atoms with Crippen molar-refractivity contribution in [3.8, 4) is 0 Å². The predicted molar refractivity (Wildman–Crippen MR) is 72.0 cm³/mol. The average Bonchev–Trinajstić information content (AvgIpc) is 2.14. The lowest BCUT2D eigenvalue weighted by Gasteiger charge is -2.27. The van der Waals surface area contributed by atoms with Crippen LogP contribution in [0.4, 0.5) is 0 Å². The Bertz CT molecular complexity index is 326. The first-order valence-electron chi connectivity index (χ1n) is 5.61. The monoisotopic (exact) mass is 218 g/mol. The number of hydrogen-bond acceptors (Lipinski definition) is 0. The highest BCUT2D eigenvalue weighted by Crippen LogP contribution is 2.29. The van der Waals surface area contributed by atoms with Gasteiger partial charge < -0.3 is 0 Å². The van der Waals surface area contributed by atoms with Crippen LogP contribution in [0.15, 0.2) is 42.0 Å². The van der Waals surface area contributed by atoms with Gasteiger partial charge in [-0.2, -0.15) is 0 Å². The van der Waals surface area contributed by atoms with Crippen molar-refractivity contribution in [3.63, 3.8) is 0 Å². The highest BCUT2D eigenvalue weighted by atomic mass is 28.3. The first-order chi connectivity index (χ1) is 6.91. The molecule has 0 N–H and O–H groups in total. The van der Waals surface area contributed by atoms with Crippen LogP contribution in [0, 0.1) is 0 Å². The maximum absolute atomic E-state index is 2.43. The molecule has 0 aliphatic heterocycles. The minimum atomic E-state index is -1.17. The molecule has 0 aliphatic carbocycles. The fourth-order valence-electron chi connectivity index (χ4n) is 1.84. The largest absolute Gasteiger partial charge is 0.0811 e. The first kappa shape index (κ1) is 12.2. The second-order valence-corrected chi connectivity index (χ2v) is 10.9. The molecule has 0 heterocycles. The summed E-state index contributed by atoms with van der Waals surface area (Å²) in [7, 11) is -1.17. The molecule has 1 aromatic carbocycles. The van der Waals surface area contributed by atoms with E-state index in [-0.39, 0.29) is 0 Å². The van der Waals surface area contributed by atoms with Gasteiger partial charge in [0.05, 0.1) is 8.07 Å². The van der Waals surface area contributed by atoms with Crippen molar-refractivity contribution in [2.75, 3.05) is 0 Å². The van der Waals surface area contributed by atoms with Crippen LogP contribution in [0.25, 0.3) is 0 Å². The van der Waals surface area contributed by atoms with Crippen LogP contribution in [0.1, 0.15) is 25.0 Å². The Morgan fingerprint density at radius 1 is 1.07 bits per heavy atom. The van der Waals surface area contributed by atoms with Gasteiger partial charge in [0, 0.05) is 0 Å². The zero-order valence-corrected chi connectivity index (χ0v) is 11.5. The van der Waals surface area contributed by atoms with E-state index in [2.05, 4.69) is 69.9 Å². The summed E-state index contributed by atoms with van der Waals surface area (Å²) in [6.45, 7) is 11.7. The number of benzene rings is 1. The summed E-state index contributed by atoms with van der Waals surface area (Å²) in [5, 5.41) is 0. The van der Waals surface area contributed by atoms with Crippen LogP contribution in [0.5, 0.6) is 0 Å². The Balaban J connectivity index is 3.08. The van der Waals surface area contributed by atoms with Gasteiger partial charge in [-0.15, -0.1) is 0 Å². The van der Waals surface area contributed by atoms with Gasteiger partial charge in [-0.3, -0.25) is 0 Å². The summed E-state index contributed by atoms with van der Waals surface area (Å²) in [6, 6.07) is 10.9. The summed E-state index contributed by atoms with van der Waals surface area (Å²) >= 11 is 0. The number of hydrogen-bond donors (Lipinski definition) is 0. The first-order valence-corrected chi connectivity index (χ1v) is 9.19. The molecule has 1 aromatic rings. The molecule has 0 spiro atoms. The minimum Gasteiger partial charge on any atom is -0.0811 e. The van der Waals surface area contributed by atoms with Gasteiger partial charge in [0.25, 0.3) is 0 Å². The SMILES string of the molecule is CC(C)=CC(c1ccccc1)[Si](C)(C)C. The molecular formula is C14H22Si. The molecule has 0 amide bonds. The van der Waals surface area contributed by atoms with Crippen LogP contribution < -0.4 is 0 Å². The fourth-order valence-corrected chi connectivity index (χ4v) is 3.87. The Hall–Kier alpha value is -0.823. The van der Waals surface area contributed by atoms with Crippen LogP contribution in [0.2, 0.25) is 19.6 Å². The molecule has 0 saturated heterocycles. The van der Waals surface area contributed by atoms with Gasteiger partial charge in [-0.05, 0) is 25.0 Å². The number of rotatable bonds is 3. The molecule has 82 valence electrons. The summed E-state index contributed by atoms with van der Waals surface area (Å²) in [5.41, 5.74) is 3.54. The van der Waals surface area contributed by atoms with Gasteiger partial charge in [-0.1, -0.05) is 61.6 Å². The van der Waals surface area contributed by atoms with Crippen molar-refractivity contribution < 1.29 is 0 Å². The zero-order chi connectivity index (χ0) is 11.5. The Morgan fingerprint density at radius 3 is 2.00 bits per heavy atom. The quantitative estimate of drug-likeness (QED) is 0.513. The normalized spacial score (nSPS) is 13.4. The minimum absolute atomic E-state index is 0.642. The summed E-state index contributed by atoms with van der Waals surface area (Å²) < 4.78 is 0. The molecule has 1 unspecified atom stereocenters. The van der Waals surface area contributed by atoms with E-state index in [1.54, 1.807) is 0 Å². The van der Waals surface area contributed by atoms with E-state index in [0.29, 0.717) is 5.54 Å². The van der Waals surface area contributed by atoms with Crippen molar-refractivity contribution in [2.24, 2.45) is 0 Å². The molecule has 15 heavy (non-hydrogen) atoms. The van der Waals surface area contributed by atoms with Crippen molar-refractivity contribution in [1.82, 2.24) is 0 Å². The standard InChI is InChI=1S/C14H22Si/c1-12(2)11-14(15(3,4)5)13-9-7-6-8-10-13/h6-11,14H,1-5H3. The van der Waals surface area contributed by atoms with Gasteiger partial charge in [0.15, 0.2) is 0 Å². The zero-order valence-electron chi connectivity index (χ0n) is 10.5. The van der Waals surface area contributed by atoms with Crippen molar-refractivity contribution in [3.05, 3.63) is 47.5 Å². The molecule has 1 atom stereocenters. The Kier molecular flexibility index (Phi) is 3.92. The lowest BCUT2D eigenvalue weighted by Crippen LogP contribution is -2.29. The molecule has 0 aromatic heterocycles. The highest BCUT2D eigenvalue weighted by molar-refractivity contribution is 6.78. The lowest BCUT2D eigenvalue weighted by molar-refractivity contribution is 1.10. The third-order valence-corrected chi connectivity index (χ3v) is 4.96. The van der Waals surface area contributed by atoms with Crippen molar-refractivity contribution in [2.45, 2.75) is 39.0 Å². The van der Waals surface area contributed by atoms with E-state index in [0.717, 1.165) is 0 Å². The van der Waals surface area contributed by atoms with Gasteiger partial charge in [-0.25, -0.2) is 0 Å². The second kappa shape index (κ2) is 4.80. The van der Waals surface area contributed by atoms with E-state index in [1.165, 1.54) is 11.1 Å². The topological polar surface area (TPSA) is 0 Å². The second-order valence-electron chi connectivity index (χ2n) is 5.50. The Labute approximate surface area is 95.0 Å². The van der Waals surface area contributed by atoms with Gasteiger partial charge in [0.2, 0.25) is 0 Å².